The van der Waals surface area contributed by atoms with Gasteiger partial charge in [-0.2, -0.15) is 4.39 Å². The normalized spacial score (nSPS) is 15.7. The Bertz CT molecular complexity index is 464. The molecule has 1 N–H and O–H groups in total. The van der Waals surface area contributed by atoms with Crippen LogP contribution in [0.2, 0.25) is 0 Å². The number of nitrogens with one attached hydrogen (secondary N) is 1. The fourth-order valence-corrected chi connectivity index (χ4v) is 3.44. The molecule has 0 aromatic carbocycles. The fraction of sp³-hybridized carbons (Fsp3) is 0.538. The van der Waals surface area contributed by atoms with E-state index >= 15 is 0 Å². The molecule has 0 saturated carbocycles. The van der Waals surface area contributed by atoms with E-state index in [0.29, 0.717) is 16.5 Å². The molecule has 1 heterocycles. The highest BCUT2D eigenvalue weighted by Gasteiger charge is 2.34. The Labute approximate surface area is 130 Å². The van der Waals surface area contributed by atoms with Crippen LogP contribution in [0.15, 0.2) is 16.7 Å². The standard InChI is InChI=1S/C13H18BrFN2O2S/c1-3-4-7-20(19)17-13(2,5-6-18)11-8-10(14)9-16-12(11)15/h6,8-9,17H,3-5,7H2,1-2H3/t13-,20+/m0/s1. The number of hydrogen-bond acceptors (Lipinski definition) is 4. The zero-order valence-electron chi connectivity index (χ0n) is 11.5. The number of rotatable bonds is 8. The molecule has 7 heteroatoms. The molecule has 4 nitrogen and oxygen atoms in total. The zero-order valence-corrected chi connectivity index (χ0v) is 13.9. The van der Waals surface area contributed by atoms with Gasteiger partial charge in [-0.1, -0.05) is 13.3 Å². The van der Waals surface area contributed by atoms with E-state index in [1.807, 2.05) is 6.92 Å². The molecule has 0 bridgehead atoms. The smallest absolute Gasteiger partial charge is 0.218 e. The third kappa shape index (κ3) is 4.80. The first-order valence-electron chi connectivity index (χ1n) is 6.34. The number of carbonyl (C=O) groups excluding carboxylic acids is 1. The van der Waals surface area contributed by atoms with Crippen LogP contribution in [0, 0.1) is 5.95 Å². The molecule has 0 unspecified atom stereocenters. The van der Waals surface area contributed by atoms with Gasteiger partial charge in [0, 0.05) is 34.0 Å². The van der Waals surface area contributed by atoms with Gasteiger partial charge in [0.25, 0.3) is 0 Å². The summed E-state index contributed by atoms with van der Waals surface area (Å²) in [5, 5.41) is 0. The van der Waals surface area contributed by atoms with E-state index in [0.717, 1.165) is 12.8 Å². The predicted molar refractivity (Wildman–Crippen MR) is 81.0 cm³/mol. The summed E-state index contributed by atoms with van der Waals surface area (Å²) in [4.78, 5) is 14.5. The number of aldehydes is 1. The van der Waals surface area contributed by atoms with Crippen molar-refractivity contribution in [1.82, 2.24) is 9.71 Å². The maximum absolute atomic E-state index is 13.9. The van der Waals surface area contributed by atoms with E-state index in [2.05, 4.69) is 25.6 Å². The molecular formula is C13H18BrFN2O2S. The topological polar surface area (TPSA) is 65.0 Å². The second kappa shape index (κ2) is 8.07. The lowest BCUT2D eigenvalue weighted by Gasteiger charge is -2.29. The molecule has 0 aliphatic heterocycles. The van der Waals surface area contributed by atoms with E-state index in [9.17, 15) is 13.7 Å². The van der Waals surface area contributed by atoms with Gasteiger partial charge in [-0.25, -0.2) is 4.98 Å². The van der Waals surface area contributed by atoms with Crippen molar-refractivity contribution in [3.8, 4) is 0 Å². The van der Waals surface area contributed by atoms with Crippen LogP contribution in [-0.4, -0.2) is 21.6 Å². The van der Waals surface area contributed by atoms with Crippen LogP contribution in [0.25, 0.3) is 0 Å². The molecule has 0 spiro atoms. The number of nitrogens with zero attached hydrogens (tertiary/aromatic N) is 1. The van der Waals surface area contributed by atoms with Crippen molar-refractivity contribution >= 4 is 33.6 Å². The van der Waals surface area contributed by atoms with E-state index in [1.54, 1.807) is 13.0 Å². The minimum Gasteiger partial charge on any atom is -0.598 e. The Hall–Kier alpha value is -0.500. The van der Waals surface area contributed by atoms with Crippen LogP contribution in [-0.2, 0) is 21.7 Å². The lowest BCUT2D eigenvalue weighted by Crippen LogP contribution is -2.45. The fourth-order valence-electron chi connectivity index (χ4n) is 1.76. The summed E-state index contributed by atoms with van der Waals surface area (Å²) in [6.07, 6.45) is 3.76. The van der Waals surface area contributed by atoms with E-state index in [4.69, 9.17) is 0 Å². The largest absolute Gasteiger partial charge is 0.598 e. The van der Waals surface area contributed by atoms with Crippen molar-refractivity contribution in [2.75, 3.05) is 5.75 Å². The molecule has 0 fully saturated rings. The van der Waals surface area contributed by atoms with Crippen LogP contribution in [0.1, 0.15) is 38.7 Å². The lowest BCUT2D eigenvalue weighted by molar-refractivity contribution is -0.108. The molecule has 0 aliphatic rings. The van der Waals surface area contributed by atoms with Gasteiger partial charge in [0.05, 0.1) is 5.54 Å². The van der Waals surface area contributed by atoms with Gasteiger partial charge >= 0.3 is 0 Å². The molecule has 1 aromatic heterocycles. The van der Waals surface area contributed by atoms with Crippen molar-refractivity contribution in [3.63, 3.8) is 0 Å². The summed E-state index contributed by atoms with van der Waals surface area (Å²) in [5.41, 5.74) is -0.815. The molecule has 20 heavy (non-hydrogen) atoms. The molecule has 2 atom stereocenters. The molecular weight excluding hydrogens is 347 g/mol. The highest BCUT2D eigenvalue weighted by atomic mass is 79.9. The van der Waals surface area contributed by atoms with Gasteiger partial charge in [-0.15, -0.1) is 4.72 Å². The Morgan fingerprint density at radius 3 is 2.95 bits per heavy atom. The molecule has 0 aliphatic carbocycles. The predicted octanol–water partition coefficient (Wildman–Crippen LogP) is 2.84. The minimum absolute atomic E-state index is 0.0138. The highest BCUT2D eigenvalue weighted by Crippen LogP contribution is 2.28. The van der Waals surface area contributed by atoms with Gasteiger partial charge in [0.2, 0.25) is 5.95 Å². The van der Waals surface area contributed by atoms with Gasteiger partial charge < -0.3 is 9.35 Å². The SMILES string of the molecule is CCCC[S@@+]([O-])N[C@@](C)(CC=O)c1cc(Br)cnc1F. The first kappa shape index (κ1) is 17.6. The second-order valence-electron chi connectivity index (χ2n) is 4.70. The van der Waals surface area contributed by atoms with Crippen LogP contribution in [0.3, 0.4) is 0 Å². The summed E-state index contributed by atoms with van der Waals surface area (Å²) in [5.74, 6) is -0.203. The number of carbonyl (C=O) groups is 1. The highest BCUT2D eigenvalue weighted by molar-refractivity contribution is 9.10. The maximum atomic E-state index is 13.9. The molecule has 0 radical (unpaired) electrons. The molecule has 112 valence electrons. The Morgan fingerprint density at radius 2 is 2.35 bits per heavy atom. The monoisotopic (exact) mass is 364 g/mol. The summed E-state index contributed by atoms with van der Waals surface area (Å²) in [6.45, 7) is 3.65. The summed E-state index contributed by atoms with van der Waals surface area (Å²) >= 11 is 1.90. The zero-order chi connectivity index (χ0) is 15.2. The number of hydrogen-bond donors (Lipinski definition) is 1. The Morgan fingerprint density at radius 1 is 1.65 bits per heavy atom. The third-order valence-electron chi connectivity index (χ3n) is 2.91. The Kier molecular flexibility index (Phi) is 7.08. The van der Waals surface area contributed by atoms with E-state index in [-0.39, 0.29) is 12.0 Å². The summed E-state index contributed by atoms with van der Waals surface area (Å²) in [7, 11) is 0. The average Bonchev–Trinajstić information content (AvgIpc) is 2.39. The molecule has 1 aromatic rings. The molecule has 0 amide bonds. The second-order valence-corrected chi connectivity index (χ2v) is 6.92. The van der Waals surface area contributed by atoms with Gasteiger partial charge in [0.1, 0.15) is 12.0 Å². The van der Waals surface area contributed by atoms with Crippen molar-refractivity contribution in [2.45, 2.75) is 38.6 Å². The maximum Gasteiger partial charge on any atom is 0.218 e. The average molecular weight is 365 g/mol. The lowest BCUT2D eigenvalue weighted by atomic mass is 9.91. The molecule has 1 rings (SSSR count). The van der Waals surface area contributed by atoms with Crippen molar-refractivity contribution in [3.05, 3.63) is 28.2 Å². The van der Waals surface area contributed by atoms with Gasteiger partial charge in [-0.3, -0.25) is 0 Å². The summed E-state index contributed by atoms with van der Waals surface area (Å²) < 4.78 is 29.4. The first-order valence-corrected chi connectivity index (χ1v) is 8.45. The number of aromatic nitrogens is 1. The van der Waals surface area contributed by atoms with Crippen LogP contribution in [0.4, 0.5) is 4.39 Å². The third-order valence-corrected chi connectivity index (χ3v) is 4.69. The minimum atomic E-state index is -1.32. The van der Waals surface area contributed by atoms with Crippen molar-refractivity contribution in [2.24, 2.45) is 0 Å². The van der Waals surface area contributed by atoms with Gasteiger partial charge in [-0.05, 0) is 35.3 Å². The number of pyridine rings is 1. The number of unbranched alkanes of at least 4 members (excludes halogenated alkanes) is 1. The number of halogens is 2. The Balaban J connectivity index is 3.01. The van der Waals surface area contributed by atoms with Crippen LogP contribution in [0.5, 0.6) is 0 Å². The quantitative estimate of drug-likeness (QED) is 0.437. The van der Waals surface area contributed by atoms with Crippen molar-refractivity contribution in [1.29, 1.82) is 0 Å². The van der Waals surface area contributed by atoms with E-state index in [1.165, 1.54) is 6.20 Å². The van der Waals surface area contributed by atoms with E-state index < -0.39 is 22.8 Å². The molecule has 0 saturated heterocycles. The van der Waals surface area contributed by atoms with Crippen LogP contribution < -0.4 is 4.72 Å². The van der Waals surface area contributed by atoms with Crippen LogP contribution >= 0.6 is 15.9 Å². The summed E-state index contributed by atoms with van der Waals surface area (Å²) in [6, 6.07) is 1.55. The van der Waals surface area contributed by atoms with Crippen molar-refractivity contribution < 1.29 is 13.7 Å². The first-order chi connectivity index (χ1) is 9.42. The van der Waals surface area contributed by atoms with Gasteiger partial charge in [0.15, 0.2) is 0 Å².